The first-order chi connectivity index (χ1) is 16.0. The van der Waals surface area contributed by atoms with Crippen LogP contribution in [-0.2, 0) is 20.9 Å². The van der Waals surface area contributed by atoms with Crippen molar-refractivity contribution in [2.45, 2.75) is 69.7 Å². The molecule has 3 amide bonds. The molecule has 33 heavy (non-hydrogen) atoms. The van der Waals surface area contributed by atoms with Gasteiger partial charge < -0.3 is 14.4 Å². The van der Waals surface area contributed by atoms with E-state index in [9.17, 15) is 14.4 Å². The van der Waals surface area contributed by atoms with Gasteiger partial charge in [-0.3, -0.25) is 24.6 Å². The molecule has 1 saturated carbocycles. The first-order valence-corrected chi connectivity index (χ1v) is 12.3. The van der Waals surface area contributed by atoms with Crippen molar-refractivity contribution in [2.75, 3.05) is 26.3 Å². The van der Waals surface area contributed by atoms with E-state index in [4.69, 9.17) is 9.47 Å². The van der Waals surface area contributed by atoms with E-state index in [0.717, 1.165) is 44.0 Å². The Hall–Kier alpha value is -2.45. The molecule has 4 aliphatic heterocycles. The summed E-state index contributed by atoms with van der Waals surface area (Å²) < 4.78 is 12.0. The third-order valence-corrected chi connectivity index (χ3v) is 8.34. The van der Waals surface area contributed by atoms with Crippen LogP contribution in [0.2, 0.25) is 0 Å². The summed E-state index contributed by atoms with van der Waals surface area (Å²) in [5.41, 5.74) is 1.95. The number of likely N-dealkylation sites (tertiary alicyclic amines) is 1. The maximum Gasteiger partial charge on any atom is 0.255 e. The van der Waals surface area contributed by atoms with Crippen LogP contribution in [0.3, 0.4) is 0 Å². The number of fused-ring (bicyclic) bond motifs is 1. The number of nitrogens with one attached hydrogen (secondary N) is 1. The zero-order valence-corrected chi connectivity index (χ0v) is 18.9. The summed E-state index contributed by atoms with van der Waals surface area (Å²) in [5, 5.41) is 2.35. The van der Waals surface area contributed by atoms with Crippen LogP contribution in [0.5, 0.6) is 5.75 Å². The molecule has 0 radical (unpaired) electrons. The number of carbonyl (C=O) groups is 3. The van der Waals surface area contributed by atoms with E-state index in [1.165, 1.54) is 25.7 Å². The lowest BCUT2D eigenvalue weighted by Crippen LogP contribution is -2.54. The topological polar surface area (TPSA) is 88.2 Å². The fraction of sp³-hybridized carbons (Fsp3) is 0.640. The van der Waals surface area contributed by atoms with Crippen LogP contribution in [0.4, 0.5) is 0 Å². The van der Waals surface area contributed by atoms with Crippen molar-refractivity contribution in [3.63, 3.8) is 0 Å². The number of nitrogens with zero attached hydrogens (tertiary/aromatic N) is 2. The van der Waals surface area contributed by atoms with Crippen LogP contribution in [0.15, 0.2) is 18.2 Å². The summed E-state index contributed by atoms with van der Waals surface area (Å²) in [7, 11) is 0. The number of amides is 3. The zero-order chi connectivity index (χ0) is 22.6. The molecule has 0 aromatic heterocycles. The summed E-state index contributed by atoms with van der Waals surface area (Å²) in [6.07, 6.45) is 6.62. The van der Waals surface area contributed by atoms with Gasteiger partial charge in [0, 0.05) is 30.0 Å². The molecular weight excluding hydrogens is 422 g/mol. The molecule has 1 aromatic carbocycles. The number of carbonyl (C=O) groups excluding carboxylic acids is 3. The highest BCUT2D eigenvalue weighted by Gasteiger charge is 2.44. The lowest BCUT2D eigenvalue weighted by atomic mass is 9.76. The number of hydrogen-bond acceptors (Lipinski definition) is 6. The van der Waals surface area contributed by atoms with Crippen molar-refractivity contribution >= 4 is 17.7 Å². The Balaban J connectivity index is 1.12. The maximum absolute atomic E-state index is 12.9. The fourth-order valence-electron chi connectivity index (χ4n) is 6.27. The summed E-state index contributed by atoms with van der Waals surface area (Å²) >= 11 is 0. The van der Waals surface area contributed by atoms with Crippen molar-refractivity contribution in [3.8, 4) is 5.75 Å². The predicted octanol–water partition coefficient (Wildman–Crippen LogP) is 1.86. The summed E-state index contributed by atoms with van der Waals surface area (Å²) in [6, 6.07) is 5.53. The average Bonchev–Trinajstić information content (AvgIpc) is 3.37. The zero-order valence-electron chi connectivity index (χ0n) is 18.9. The molecule has 0 bridgehead atoms. The molecule has 1 unspecified atom stereocenters. The number of piperidine rings is 2. The van der Waals surface area contributed by atoms with Crippen LogP contribution in [0.1, 0.15) is 60.9 Å². The first-order valence-electron chi connectivity index (χ1n) is 12.3. The second kappa shape index (κ2) is 8.09. The second-order valence-electron chi connectivity index (χ2n) is 10.4. The monoisotopic (exact) mass is 453 g/mol. The molecule has 1 aliphatic carbocycles. The lowest BCUT2D eigenvalue weighted by molar-refractivity contribution is -0.144. The highest BCUT2D eigenvalue weighted by Crippen LogP contribution is 2.41. The number of rotatable bonds is 4. The van der Waals surface area contributed by atoms with Crippen LogP contribution >= 0.6 is 0 Å². The minimum Gasteiger partial charge on any atom is -0.489 e. The van der Waals surface area contributed by atoms with Gasteiger partial charge in [-0.25, -0.2) is 0 Å². The third kappa shape index (κ3) is 3.73. The van der Waals surface area contributed by atoms with E-state index in [0.29, 0.717) is 30.0 Å². The molecule has 4 heterocycles. The van der Waals surface area contributed by atoms with E-state index < -0.39 is 6.04 Å². The Morgan fingerprint density at radius 2 is 1.88 bits per heavy atom. The van der Waals surface area contributed by atoms with Crippen molar-refractivity contribution < 1.29 is 23.9 Å². The summed E-state index contributed by atoms with van der Waals surface area (Å²) in [6.45, 7) is 4.47. The Morgan fingerprint density at radius 3 is 2.61 bits per heavy atom. The lowest BCUT2D eigenvalue weighted by Gasteiger charge is -2.49. The molecule has 6 rings (SSSR count). The molecule has 8 nitrogen and oxygen atoms in total. The van der Waals surface area contributed by atoms with Gasteiger partial charge in [0.15, 0.2) is 0 Å². The van der Waals surface area contributed by atoms with E-state index in [1.54, 1.807) is 4.90 Å². The van der Waals surface area contributed by atoms with Gasteiger partial charge in [-0.05, 0) is 75.4 Å². The van der Waals surface area contributed by atoms with Gasteiger partial charge in [-0.2, -0.15) is 0 Å². The van der Waals surface area contributed by atoms with Gasteiger partial charge in [-0.1, -0.05) is 0 Å². The van der Waals surface area contributed by atoms with Gasteiger partial charge in [0.25, 0.3) is 5.91 Å². The van der Waals surface area contributed by atoms with Crippen molar-refractivity contribution in [1.82, 2.24) is 15.1 Å². The number of ether oxygens (including phenoxy) is 2. The largest absolute Gasteiger partial charge is 0.489 e. The number of imide groups is 1. The Kier molecular flexibility index (Phi) is 5.18. The van der Waals surface area contributed by atoms with Crippen LogP contribution in [-0.4, -0.2) is 72.0 Å². The molecule has 8 heteroatoms. The minimum absolute atomic E-state index is 0.146. The predicted molar refractivity (Wildman–Crippen MR) is 119 cm³/mol. The number of benzene rings is 1. The van der Waals surface area contributed by atoms with E-state index in [-0.39, 0.29) is 30.2 Å². The van der Waals surface area contributed by atoms with Gasteiger partial charge in [0.2, 0.25) is 11.8 Å². The van der Waals surface area contributed by atoms with Crippen molar-refractivity contribution in [2.24, 2.45) is 5.41 Å². The maximum atomic E-state index is 12.9. The van der Waals surface area contributed by atoms with Crippen LogP contribution in [0, 0.1) is 5.41 Å². The van der Waals surface area contributed by atoms with Gasteiger partial charge >= 0.3 is 0 Å². The van der Waals surface area contributed by atoms with Crippen molar-refractivity contribution in [3.05, 3.63) is 29.3 Å². The fourth-order valence-corrected chi connectivity index (χ4v) is 6.27. The Morgan fingerprint density at radius 1 is 1.06 bits per heavy atom. The highest BCUT2D eigenvalue weighted by atomic mass is 16.5. The smallest absolute Gasteiger partial charge is 0.255 e. The van der Waals surface area contributed by atoms with Crippen LogP contribution < -0.4 is 10.1 Å². The van der Waals surface area contributed by atoms with E-state index >= 15 is 0 Å². The molecule has 4 fully saturated rings. The molecule has 1 spiro atoms. The summed E-state index contributed by atoms with van der Waals surface area (Å²) in [4.78, 5) is 40.9. The van der Waals surface area contributed by atoms with Crippen molar-refractivity contribution in [1.29, 1.82) is 0 Å². The SMILES string of the molecule is O=C1CCC(N2Cc3cc(O[C@@H]4CCC[C@H]4N4CCC5(CC4)COC5)ccc3C2=O)C(=O)N1. The second-order valence-corrected chi connectivity index (χ2v) is 10.4. The molecule has 176 valence electrons. The average molecular weight is 454 g/mol. The minimum atomic E-state index is -0.588. The molecule has 3 saturated heterocycles. The first kappa shape index (κ1) is 21.1. The third-order valence-electron chi connectivity index (χ3n) is 8.34. The van der Waals surface area contributed by atoms with Gasteiger partial charge in [-0.15, -0.1) is 0 Å². The number of hydrogen-bond donors (Lipinski definition) is 1. The van der Waals surface area contributed by atoms with Gasteiger partial charge in [0.05, 0.1) is 13.2 Å². The van der Waals surface area contributed by atoms with Crippen LogP contribution in [0.25, 0.3) is 0 Å². The van der Waals surface area contributed by atoms with Gasteiger partial charge in [0.1, 0.15) is 17.9 Å². The van der Waals surface area contributed by atoms with E-state index in [1.807, 2.05) is 18.2 Å². The Bertz CT molecular complexity index is 980. The normalized spacial score (nSPS) is 31.5. The standard InChI is InChI=1S/C25H31N3O5/c29-22-7-6-20(23(30)26-22)28-13-16-12-17(4-5-18(16)24(28)31)33-21-3-1-2-19(21)27-10-8-25(9-11-27)14-32-15-25/h4-5,12,19-21H,1-3,6-11,13-15H2,(H,26,29,30)/t19-,20?,21-/m1/s1. The molecule has 1 aromatic rings. The van der Waals surface area contributed by atoms with E-state index in [2.05, 4.69) is 10.2 Å². The summed E-state index contributed by atoms with van der Waals surface area (Å²) in [5.74, 6) is -0.00183. The molecule has 3 atom stereocenters. The highest BCUT2D eigenvalue weighted by molar-refractivity contribution is 6.05. The quantitative estimate of drug-likeness (QED) is 0.701. The molecular formula is C25H31N3O5. The molecule has 1 N–H and O–H groups in total. The Labute approximate surface area is 193 Å². The molecule has 5 aliphatic rings.